The number of hydrogen-bond donors (Lipinski definition) is 0. The van der Waals surface area contributed by atoms with Crippen molar-refractivity contribution in [3.63, 3.8) is 0 Å². The van der Waals surface area contributed by atoms with Crippen molar-refractivity contribution in [2.24, 2.45) is 0 Å². The molecule has 0 unspecified atom stereocenters. The third-order valence-corrected chi connectivity index (χ3v) is 34.3. The molecular formula is C30H38Br4Cl6S6Si4. The maximum atomic E-state index is 4.81. The first-order chi connectivity index (χ1) is 22.5. The zero-order chi connectivity index (χ0) is 38.6. The number of rotatable bonds is 4. The third-order valence-electron chi connectivity index (χ3n) is 6.87. The molecule has 0 saturated heterocycles. The lowest BCUT2D eigenvalue weighted by Gasteiger charge is -2.16. The molecule has 0 atom stereocenters. The Kier molecular flexibility index (Phi) is 17.9. The fourth-order valence-electron chi connectivity index (χ4n) is 4.80. The van der Waals surface area contributed by atoms with Crippen molar-refractivity contribution in [1.29, 1.82) is 0 Å². The summed E-state index contributed by atoms with van der Waals surface area (Å²) in [5, 5.41) is 0. The van der Waals surface area contributed by atoms with Crippen LogP contribution in [-0.4, -0.2) is 40.9 Å². The fraction of sp³-hybridized carbons (Fsp3) is 0.467. The van der Waals surface area contributed by atoms with Gasteiger partial charge in [0.1, 0.15) is 0 Å². The minimum atomic E-state index is -1.59. The number of hydrogen-bond acceptors (Lipinski definition) is 6. The first-order valence-corrected chi connectivity index (χ1v) is 39.7. The Hall–Kier alpha value is 4.03. The molecule has 5 heterocycles. The molecule has 4 aromatic heterocycles. The van der Waals surface area contributed by atoms with Crippen LogP contribution in [-0.2, 0) is 0 Å². The minimum Gasteiger partial charge on any atom is -0.136 e. The molecule has 5 rings (SSSR count). The second kappa shape index (κ2) is 18.5. The number of halogens is 10. The van der Waals surface area contributed by atoms with E-state index in [1.807, 2.05) is 68.9 Å². The molecule has 1 aliphatic heterocycles. The minimum absolute atomic E-state index is 0.750. The summed E-state index contributed by atoms with van der Waals surface area (Å²) in [6.07, 6.45) is 0. The van der Waals surface area contributed by atoms with Crippen LogP contribution in [0.5, 0.6) is 0 Å². The molecule has 0 nitrogen and oxygen atoms in total. The topological polar surface area (TPSA) is 0 Å². The second-order valence-electron chi connectivity index (χ2n) is 15.3. The molecule has 0 N–H and O–H groups in total. The molecular weight excluding hydrogens is 1200 g/mol. The van der Waals surface area contributed by atoms with Gasteiger partial charge in [0, 0.05) is 58.1 Å². The van der Waals surface area contributed by atoms with E-state index in [0.29, 0.717) is 0 Å². The van der Waals surface area contributed by atoms with Gasteiger partial charge < -0.3 is 0 Å². The van der Waals surface area contributed by atoms with Crippen LogP contribution < -0.4 is 18.0 Å². The predicted molar refractivity (Wildman–Crippen MR) is 269 cm³/mol. The maximum Gasteiger partial charge on any atom is 0.180 e. The Balaban J connectivity index is 0.000000764. The van der Waals surface area contributed by atoms with E-state index < -0.39 is 40.9 Å². The fourth-order valence-corrected chi connectivity index (χ4v) is 33.0. The van der Waals surface area contributed by atoms with Crippen molar-refractivity contribution in [3.05, 3.63) is 17.9 Å². The van der Waals surface area contributed by atoms with Gasteiger partial charge in [0.25, 0.3) is 0 Å². The van der Waals surface area contributed by atoms with Crippen molar-refractivity contribution in [3.8, 4) is 22.3 Å². The van der Waals surface area contributed by atoms with E-state index >= 15 is 0 Å². The van der Waals surface area contributed by atoms with Gasteiger partial charge in [-0.05, 0) is 63.7 Å². The molecule has 0 fully saturated rings. The van der Waals surface area contributed by atoms with Gasteiger partial charge in [-0.15, -0.1) is 45.3 Å². The van der Waals surface area contributed by atoms with Gasteiger partial charge >= 0.3 is 0 Å². The van der Waals surface area contributed by atoms with Gasteiger partial charge in [0.05, 0.1) is 49.1 Å². The molecule has 0 amide bonds. The molecule has 0 spiro atoms. The summed E-state index contributed by atoms with van der Waals surface area (Å²) in [7, 11) is -6.35. The van der Waals surface area contributed by atoms with Crippen molar-refractivity contribution in [2.45, 2.75) is 104 Å². The summed E-state index contributed by atoms with van der Waals surface area (Å²) < 4.78 is 15.8. The lowest BCUT2D eigenvalue weighted by Crippen LogP contribution is -2.36. The van der Waals surface area contributed by atoms with Crippen LogP contribution in [0.2, 0.25) is 78.6 Å². The third kappa shape index (κ3) is 11.6. The van der Waals surface area contributed by atoms with Crippen LogP contribution in [0.1, 0.15) is 0 Å². The van der Waals surface area contributed by atoms with E-state index in [2.05, 4.69) is 142 Å². The van der Waals surface area contributed by atoms with E-state index in [0.717, 1.165) is 0 Å². The van der Waals surface area contributed by atoms with Crippen LogP contribution in [0, 0.1) is 0 Å². The summed E-state index contributed by atoms with van der Waals surface area (Å²) in [6, 6.07) is 0. The van der Waals surface area contributed by atoms with Crippen LogP contribution in [0.25, 0.3) is 22.3 Å². The summed E-state index contributed by atoms with van der Waals surface area (Å²) in [4.78, 5) is 0. The lowest BCUT2D eigenvalue weighted by atomic mass is 10.2. The predicted octanol–water partition coefficient (Wildman–Crippen LogP) is 17.1. The zero-order valence-corrected chi connectivity index (χ0v) is 49.2. The van der Waals surface area contributed by atoms with Crippen LogP contribution in [0.3, 0.4) is 0 Å². The Morgan fingerprint density at radius 3 is 0.620 bits per heavy atom. The van der Waals surface area contributed by atoms with E-state index in [9.17, 15) is 0 Å². The largest absolute Gasteiger partial charge is 0.180 e. The standard InChI is InChI=1S/C28H36Br4S6Si4.2CHCl3/c1-39(2,3)25-17(29)13-14-18(30)26(40(4,5)6)36-22(14)34-24-16(20(32)28(38-24)42(10,11)12)15-19(31)27(41(7,8)9)37-23(15)33-21(13)35-25;2*2-1(3)4/h1-12H3;2*1H. The Bertz CT molecular complexity index is 1580. The highest BCUT2D eigenvalue weighted by molar-refractivity contribution is 9.11. The van der Waals surface area contributed by atoms with Crippen molar-refractivity contribution < 1.29 is 0 Å². The average molecular weight is 1240 g/mol. The highest BCUT2D eigenvalue weighted by Crippen LogP contribution is 2.59. The quantitative estimate of drug-likeness (QED) is 0.130. The van der Waals surface area contributed by atoms with Gasteiger partial charge in [0.2, 0.25) is 0 Å². The summed E-state index contributed by atoms with van der Waals surface area (Å²) >= 11 is 57.9. The Morgan fingerprint density at radius 1 is 0.360 bits per heavy atom. The van der Waals surface area contributed by atoms with Gasteiger partial charge in [0.15, 0.2) is 8.59 Å². The number of thiophene rings is 4. The molecule has 0 aromatic carbocycles. The van der Waals surface area contributed by atoms with Crippen molar-refractivity contribution in [1.82, 2.24) is 0 Å². The molecule has 50 heavy (non-hydrogen) atoms. The van der Waals surface area contributed by atoms with Crippen LogP contribution in [0.15, 0.2) is 34.7 Å². The monoisotopic (exact) mass is 1230 g/mol. The number of alkyl halides is 6. The molecule has 1 aliphatic rings. The smallest absolute Gasteiger partial charge is 0.136 e. The van der Waals surface area contributed by atoms with E-state index in [1.165, 1.54) is 57.0 Å². The van der Waals surface area contributed by atoms with Gasteiger partial charge in [-0.25, -0.2) is 0 Å². The molecule has 0 radical (unpaired) electrons. The van der Waals surface area contributed by atoms with Gasteiger partial charge in [-0.3, -0.25) is 0 Å². The normalized spacial score (nSPS) is 13.6. The first-order valence-electron chi connectivity index (χ1n) is 15.0. The zero-order valence-electron chi connectivity index (χ0n) is 29.4. The summed E-state index contributed by atoms with van der Waals surface area (Å²) in [5.74, 6) is 0. The molecule has 0 saturated carbocycles. The van der Waals surface area contributed by atoms with E-state index in [4.69, 9.17) is 69.6 Å². The van der Waals surface area contributed by atoms with Crippen molar-refractivity contribution >= 4 is 252 Å². The molecule has 0 bridgehead atoms. The van der Waals surface area contributed by atoms with Gasteiger partial charge in [-0.1, -0.05) is 172 Å². The van der Waals surface area contributed by atoms with Crippen molar-refractivity contribution in [2.75, 3.05) is 0 Å². The SMILES string of the molecule is C[Si](C)(C)c1sc2c(c1Br)-c1c(sc([Si](C)(C)C)c1Br)Sc1sc([Si](C)(C)C)c(Br)c1-c1c(sc([Si](C)(C)C)c1Br)S2.ClC(Cl)Cl.ClC(Cl)Cl. The average Bonchev–Trinajstić information content (AvgIpc) is 3.59. The summed E-state index contributed by atoms with van der Waals surface area (Å²) in [5.41, 5.74) is 5.64. The molecule has 280 valence electrons. The second-order valence-corrected chi connectivity index (χ2v) is 51.1. The molecule has 4 aromatic rings. The molecule has 0 aliphatic carbocycles. The van der Waals surface area contributed by atoms with E-state index in [-0.39, 0.29) is 0 Å². The highest BCUT2D eigenvalue weighted by atomic mass is 79.9. The first kappa shape index (κ1) is 48.4. The Morgan fingerprint density at radius 2 is 0.500 bits per heavy atom. The molecule has 20 heteroatoms. The Labute approximate surface area is 390 Å². The lowest BCUT2D eigenvalue weighted by molar-refractivity contribution is 1.50. The van der Waals surface area contributed by atoms with Crippen LogP contribution in [0.4, 0.5) is 0 Å². The van der Waals surface area contributed by atoms with Gasteiger partial charge in [-0.2, -0.15) is 0 Å². The number of fused-ring (bicyclic) bond motifs is 6. The van der Waals surface area contributed by atoms with Crippen LogP contribution >= 0.6 is 202 Å². The summed E-state index contributed by atoms with van der Waals surface area (Å²) in [6.45, 7) is 29.8. The highest BCUT2D eigenvalue weighted by Gasteiger charge is 2.39. The maximum absolute atomic E-state index is 4.81. The van der Waals surface area contributed by atoms with E-state index in [1.54, 1.807) is 18.0 Å².